The number of ether oxygens (including phenoxy) is 2. The second-order valence-electron chi connectivity index (χ2n) is 4.96. The van der Waals surface area contributed by atoms with Gasteiger partial charge in [0.25, 0.3) is 0 Å². The zero-order valence-corrected chi connectivity index (χ0v) is 12.8. The number of hydrogen-bond acceptors (Lipinski definition) is 3. The second kappa shape index (κ2) is 8.20. The summed E-state index contributed by atoms with van der Waals surface area (Å²) in [7, 11) is 0. The summed E-state index contributed by atoms with van der Waals surface area (Å²) in [6.07, 6.45) is 1.02. The molecule has 0 spiro atoms. The maximum absolute atomic E-state index is 5.68. The Labute approximate surface area is 126 Å². The fourth-order valence-electron chi connectivity index (χ4n) is 1.91. The normalized spacial score (nSPS) is 10.2. The molecular formula is C18H23NO2. The maximum Gasteiger partial charge on any atom is 0.121 e. The van der Waals surface area contributed by atoms with Crippen LogP contribution >= 0.6 is 0 Å². The molecule has 0 unspecified atom stereocenters. The van der Waals surface area contributed by atoms with E-state index in [1.165, 1.54) is 5.56 Å². The van der Waals surface area contributed by atoms with Crippen molar-refractivity contribution in [3.63, 3.8) is 0 Å². The van der Waals surface area contributed by atoms with Crippen molar-refractivity contribution in [1.29, 1.82) is 0 Å². The Bertz CT molecular complexity index is 537. The highest BCUT2D eigenvalue weighted by molar-refractivity contribution is 5.48. The van der Waals surface area contributed by atoms with Crippen LogP contribution in [0.15, 0.2) is 48.5 Å². The molecule has 2 rings (SSSR count). The van der Waals surface area contributed by atoms with Gasteiger partial charge < -0.3 is 14.8 Å². The van der Waals surface area contributed by atoms with Gasteiger partial charge in [-0.2, -0.15) is 0 Å². The van der Waals surface area contributed by atoms with E-state index in [1.807, 2.05) is 36.4 Å². The van der Waals surface area contributed by atoms with E-state index >= 15 is 0 Å². The van der Waals surface area contributed by atoms with E-state index in [1.54, 1.807) is 0 Å². The van der Waals surface area contributed by atoms with E-state index in [0.29, 0.717) is 6.61 Å². The Morgan fingerprint density at radius 1 is 0.905 bits per heavy atom. The average Bonchev–Trinajstić information content (AvgIpc) is 2.52. The summed E-state index contributed by atoms with van der Waals surface area (Å²) >= 11 is 0. The molecule has 0 radical (unpaired) electrons. The van der Waals surface area contributed by atoms with Crippen molar-refractivity contribution in [3.05, 3.63) is 54.1 Å². The van der Waals surface area contributed by atoms with Crippen LogP contribution in [-0.4, -0.2) is 19.8 Å². The quantitative estimate of drug-likeness (QED) is 0.735. The van der Waals surface area contributed by atoms with Crippen LogP contribution in [0.25, 0.3) is 0 Å². The number of nitrogens with one attached hydrogen (secondary N) is 1. The molecule has 112 valence electrons. The molecule has 1 N–H and O–H groups in total. The van der Waals surface area contributed by atoms with Gasteiger partial charge in [0.2, 0.25) is 0 Å². The van der Waals surface area contributed by atoms with Gasteiger partial charge in [0, 0.05) is 18.3 Å². The van der Waals surface area contributed by atoms with Crippen LogP contribution in [0.1, 0.15) is 18.9 Å². The smallest absolute Gasteiger partial charge is 0.121 e. The van der Waals surface area contributed by atoms with Gasteiger partial charge in [0.1, 0.15) is 18.1 Å². The lowest BCUT2D eigenvalue weighted by Crippen LogP contribution is -2.11. The van der Waals surface area contributed by atoms with Crippen molar-refractivity contribution in [2.75, 3.05) is 25.1 Å². The summed E-state index contributed by atoms with van der Waals surface area (Å²) in [5.74, 6) is 1.81. The number of hydrogen-bond donors (Lipinski definition) is 1. The molecule has 0 aliphatic heterocycles. The first kappa shape index (κ1) is 15.2. The zero-order chi connectivity index (χ0) is 14.9. The highest BCUT2D eigenvalue weighted by Crippen LogP contribution is 2.17. The van der Waals surface area contributed by atoms with Crippen molar-refractivity contribution in [2.24, 2.45) is 0 Å². The summed E-state index contributed by atoms with van der Waals surface area (Å²) in [5, 5.41) is 3.34. The first-order valence-corrected chi connectivity index (χ1v) is 7.44. The molecule has 0 saturated heterocycles. The number of anilines is 1. The molecule has 0 amide bonds. The van der Waals surface area contributed by atoms with E-state index in [0.717, 1.165) is 36.8 Å². The van der Waals surface area contributed by atoms with E-state index in [4.69, 9.17) is 9.47 Å². The molecule has 3 nitrogen and oxygen atoms in total. The molecule has 0 aliphatic carbocycles. The van der Waals surface area contributed by atoms with Gasteiger partial charge in [0.05, 0.1) is 6.61 Å². The van der Waals surface area contributed by atoms with E-state index in [9.17, 15) is 0 Å². The first-order valence-electron chi connectivity index (χ1n) is 7.44. The van der Waals surface area contributed by atoms with E-state index in [2.05, 4.69) is 31.3 Å². The number of rotatable bonds is 8. The van der Waals surface area contributed by atoms with Crippen molar-refractivity contribution in [1.82, 2.24) is 0 Å². The van der Waals surface area contributed by atoms with Crippen LogP contribution in [0.3, 0.4) is 0 Å². The summed E-state index contributed by atoms with van der Waals surface area (Å²) in [6.45, 7) is 6.30. The predicted octanol–water partition coefficient (Wildman–Crippen LogP) is 4.27. The van der Waals surface area contributed by atoms with Gasteiger partial charge in [-0.3, -0.25) is 0 Å². The van der Waals surface area contributed by atoms with Crippen LogP contribution in [-0.2, 0) is 0 Å². The Balaban J connectivity index is 1.74. The topological polar surface area (TPSA) is 30.5 Å². The number of benzene rings is 2. The molecule has 0 atom stereocenters. The Kier molecular flexibility index (Phi) is 5.95. The van der Waals surface area contributed by atoms with Crippen molar-refractivity contribution in [2.45, 2.75) is 20.3 Å². The molecule has 0 bridgehead atoms. The monoisotopic (exact) mass is 285 g/mol. The largest absolute Gasteiger partial charge is 0.494 e. The summed E-state index contributed by atoms with van der Waals surface area (Å²) in [4.78, 5) is 0. The van der Waals surface area contributed by atoms with Crippen LogP contribution in [0, 0.1) is 6.92 Å². The molecule has 21 heavy (non-hydrogen) atoms. The van der Waals surface area contributed by atoms with Gasteiger partial charge in [-0.1, -0.05) is 30.7 Å². The van der Waals surface area contributed by atoms with Crippen LogP contribution in [0.4, 0.5) is 5.69 Å². The Hall–Kier alpha value is -2.16. The van der Waals surface area contributed by atoms with E-state index < -0.39 is 0 Å². The zero-order valence-electron chi connectivity index (χ0n) is 12.8. The Morgan fingerprint density at radius 3 is 2.43 bits per heavy atom. The van der Waals surface area contributed by atoms with Crippen molar-refractivity contribution >= 4 is 5.69 Å². The molecule has 2 aromatic carbocycles. The van der Waals surface area contributed by atoms with Gasteiger partial charge in [-0.05, 0) is 37.6 Å². The third-order valence-electron chi connectivity index (χ3n) is 3.03. The highest BCUT2D eigenvalue weighted by atomic mass is 16.5. The molecule has 0 aromatic heterocycles. The van der Waals surface area contributed by atoms with Gasteiger partial charge in [0.15, 0.2) is 0 Å². The first-order chi connectivity index (χ1) is 10.3. The number of aryl methyl sites for hydroxylation is 1. The minimum atomic E-state index is 0.628. The van der Waals surface area contributed by atoms with Crippen molar-refractivity contribution in [3.8, 4) is 11.5 Å². The molecular weight excluding hydrogens is 262 g/mol. The lowest BCUT2D eigenvalue weighted by molar-refractivity contribution is 0.317. The molecule has 3 heteroatoms. The van der Waals surface area contributed by atoms with Gasteiger partial charge >= 0.3 is 0 Å². The van der Waals surface area contributed by atoms with Crippen molar-refractivity contribution < 1.29 is 9.47 Å². The predicted molar refractivity (Wildman–Crippen MR) is 87.4 cm³/mol. The molecule has 0 heterocycles. The lowest BCUT2D eigenvalue weighted by atomic mass is 10.2. The van der Waals surface area contributed by atoms with Gasteiger partial charge in [-0.25, -0.2) is 0 Å². The van der Waals surface area contributed by atoms with Crippen LogP contribution in [0.5, 0.6) is 11.5 Å². The fourth-order valence-corrected chi connectivity index (χ4v) is 1.91. The second-order valence-corrected chi connectivity index (χ2v) is 4.96. The molecule has 0 saturated carbocycles. The molecule has 0 fully saturated rings. The fraction of sp³-hybridized carbons (Fsp3) is 0.333. The molecule has 0 aliphatic rings. The van der Waals surface area contributed by atoms with E-state index in [-0.39, 0.29) is 0 Å². The third-order valence-corrected chi connectivity index (χ3v) is 3.03. The highest BCUT2D eigenvalue weighted by Gasteiger charge is 1.97. The minimum absolute atomic E-state index is 0.628. The minimum Gasteiger partial charge on any atom is -0.494 e. The lowest BCUT2D eigenvalue weighted by Gasteiger charge is -2.10. The standard InChI is InChI=1S/C18H23NO2/c1-3-12-20-18-6-4-5-16(14-18)19-11-13-21-17-9-7-15(2)8-10-17/h4-10,14,19H,3,11-13H2,1-2H3. The maximum atomic E-state index is 5.68. The molecule has 2 aromatic rings. The average molecular weight is 285 g/mol. The summed E-state index contributed by atoms with van der Waals surface area (Å²) in [5.41, 5.74) is 2.29. The summed E-state index contributed by atoms with van der Waals surface area (Å²) < 4.78 is 11.3. The Morgan fingerprint density at radius 2 is 1.67 bits per heavy atom. The summed E-state index contributed by atoms with van der Waals surface area (Å²) in [6, 6.07) is 16.1. The van der Waals surface area contributed by atoms with Crippen LogP contribution in [0.2, 0.25) is 0 Å². The SMILES string of the molecule is CCCOc1cccc(NCCOc2ccc(C)cc2)c1. The van der Waals surface area contributed by atoms with Crippen LogP contribution < -0.4 is 14.8 Å². The third kappa shape index (κ3) is 5.38. The van der Waals surface area contributed by atoms with Gasteiger partial charge in [-0.15, -0.1) is 0 Å².